The summed E-state index contributed by atoms with van der Waals surface area (Å²) in [6, 6.07) is 9.63. The summed E-state index contributed by atoms with van der Waals surface area (Å²) in [5.74, 6) is 1.38. The first-order valence-corrected chi connectivity index (χ1v) is 16.3. The van der Waals surface area contributed by atoms with E-state index in [-0.39, 0.29) is 43.0 Å². The van der Waals surface area contributed by atoms with Crippen molar-refractivity contribution in [3.8, 4) is 0 Å². The quantitative estimate of drug-likeness (QED) is 0.482. The number of allylic oxidation sites excluding steroid dienone is 2. The van der Waals surface area contributed by atoms with Gasteiger partial charge in [-0.2, -0.15) is 0 Å². The van der Waals surface area contributed by atoms with Crippen molar-refractivity contribution in [1.82, 2.24) is 20.1 Å². The second kappa shape index (κ2) is 11.0. The molecular weight excluding hydrogens is 540 g/mol. The Hall–Kier alpha value is -3.34. The number of nitrogens with one attached hydrogen (secondary N) is 2. The van der Waals surface area contributed by atoms with Crippen LogP contribution in [0.2, 0.25) is 0 Å². The predicted octanol–water partition coefficient (Wildman–Crippen LogP) is 3.36. The fourth-order valence-electron chi connectivity index (χ4n) is 8.14. The molecule has 1 aromatic heterocycles. The van der Waals surface area contributed by atoms with Gasteiger partial charge in [0, 0.05) is 55.1 Å². The molecule has 2 fully saturated rings. The third-order valence-electron chi connectivity index (χ3n) is 10.4. The molecule has 0 radical (unpaired) electrons. The highest BCUT2D eigenvalue weighted by Gasteiger charge is 2.39. The summed E-state index contributed by atoms with van der Waals surface area (Å²) in [5.41, 5.74) is 12.9. The minimum atomic E-state index is -0.208. The van der Waals surface area contributed by atoms with E-state index in [0.29, 0.717) is 6.04 Å². The molecule has 6 heterocycles. The third kappa shape index (κ3) is 4.65. The van der Waals surface area contributed by atoms with E-state index < -0.39 is 0 Å². The van der Waals surface area contributed by atoms with Crippen molar-refractivity contribution in [2.75, 3.05) is 26.2 Å². The van der Waals surface area contributed by atoms with Gasteiger partial charge in [0.05, 0.1) is 35.2 Å². The zero-order chi connectivity index (χ0) is 29.1. The largest absolute Gasteiger partial charge is 0.474 e. The summed E-state index contributed by atoms with van der Waals surface area (Å²) in [6.07, 6.45) is 9.92. The number of carbonyl (C=O) groups is 1. The van der Waals surface area contributed by atoms with Crippen molar-refractivity contribution >= 4 is 40.0 Å². The number of nitrogens with two attached hydrogens (primary N) is 1. The fraction of sp³-hybridized carbons (Fsp3) is 0.576. The Balaban J connectivity index is 1.05. The third-order valence-corrected chi connectivity index (χ3v) is 10.4. The molecule has 6 aliphatic rings. The Morgan fingerprint density at radius 1 is 1.14 bits per heavy atom. The van der Waals surface area contributed by atoms with Crippen molar-refractivity contribution < 1.29 is 9.53 Å². The summed E-state index contributed by atoms with van der Waals surface area (Å²) >= 11 is 0. The number of amides is 1. The zero-order valence-corrected chi connectivity index (χ0v) is 25.0. The van der Waals surface area contributed by atoms with E-state index in [1.165, 1.54) is 40.6 Å². The van der Waals surface area contributed by atoms with Gasteiger partial charge in [-0.1, -0.05) is 13.0 Å². The Morgan fingerprint density at radius 3 is 2.91 bits per heavy atom. The molecule has 10 heteroatoms. The molecule has 0 spiro atoms. The molecule has 1 aliphatic carbocycles. The average Bonchev–Trinajstić information content (AvgIpc) is 3.87. The maximum Gasteiger partial charge on any atom is 0.236 e. The Morgan fingerprint density at radius 2 is 2.07 bits per heavy atom. The Bertz CT molecular complexity index is 1560. The van der Waals surface area contributed by atoms with Gasteiger partial charge in [-0.05, 0) is 68.8 Å². The van der Waals surface area contributed by atoms with Gasteiger partial charge in [0.25, 0.3) is 0 Å². The lowest BCUT2D eigenvalue weighted by atomic mass is 9.83. The van der Waals surface area contributed by atoms with Crippen molar-refractivity contribution in [2.24, 2.45) is 26.6 Å². The minimum Gasteiger partial charge on any atom is -0.474 e. The predicted molar refractivity (Wildman–Crippen MR) is 169 cm³/mol. The van der Waals surface area contributed by atoms with E-state index in [4.69, 9.17) is 25.4 Å². The van der Waals surface area contributed by atoms with E-state index in [1.807, 2.05) is 11.1 Å². The normalized spacial score (nSPS) is 31.8. The van der Waals surface area contributed by atoms with Crippen molar-refractivity contribution in [1.29, 1.82) is 0 Å². The highest BCUT2D eigenvalue weighted by atomic mass is 16.5. The molecule has 6 unspecified atom stereocenters. The molecule has 5 aliphatic heterocycles. The Labute approximate surface area is 252 Å². The molecule has 2 saturated heterocycles. The summed E-state index contributed by atoms with van der Waals surface area (Å²) in [5, 5.41) is 8.45. The van der Waals surface area contributed by atoms with Crippen LogP contribution in [0.25, 0.3) is 16.5 Å². The van der Waals surface area contributed by atoms with E-state index >= 15 is 0 Å². The van der Waals surface area contributed by atoms with Gasteiger partial charge >= 0.3 is 0 Å². The molecule has 4 N–H and O–H groups in total. The van der Waals surface area contributed by atoms with Crippen LogP contribution in [0.5, 0.6) is 0 Å². The number of hydrogen-bond acceptors (Lipinski definition) is 8. The summed E-state index contributed by atoms with van der Waals surface area (Å²) in [7, 11) is 0. The van der Waals surface area contributed by atoms with Crippen LogP contribution in [0.1, 0.15) is 75.8 Å². The number of aromatic nitrogens is 1. The first-order chi connectivity index (χ1) is 21.1. The van der Waals surface area contributed by atoms with Gasteiger partial charge in [0.2, 0.25) is 5.91 Å². The van der Waals surface area contributed by atoms with Gasteiger partial charge in [-0.15, -0.1) is 0 Å². The molecular formula is C33H42N8O2. The van der Waals surface area contributed by atoms with Crippen LogP contribution in [-0.2, 0) is 9.53 Å². The maximum absolute atomic E-state index is 12.4. The lowest BCUT2D eigenvalue weighted by Gasteiger charge is -2.36. The molecule has 0 bridgehead atoms. The highest BCUT2D eigenvalue weighted by molar-refractivity contribution is 6.33. The van der Waals surface area contributed by atoms with Gasteiger partial charge < -0.3 is 25.3 Å². The second-order valence-corrected chi connectivity index (χ2v) is 12.8. The van der Waals surface area contributed by atoms with E-state index in [0.717, 1.165) is 75.3 Å². The molecule has 1 aromatic carbocycles. The maximum atomic E-state index is 12.4. The number of likely N-dealkylation sites (tertiary alicyclic amines) is 1. The molecule has 226 valence electrons. The number of carbonyl (C=O) groups excluding carboxylic acids is 1. The van der Waals surface area contributed by atoms with Gasteiger partial charge in [0.15, 0.2) is 12.4 Å². The minimum absolute atomic E-state index is 0.00370. The number of hydrogen-bond donors (Lipinski definition) is 3. The van der Waals surface area contributed by atoms with Gasteiger partial charge in [-0.3, -0.25) is 25.1 Å². The molecule has 6 atom stereocenters. The van der Waals surface area contributed by atoms with Crippen LogP contribution in [0.3, 0.4) is 0 Å². The van der Waals surface area contributed by atoms with Crippen LogP contribution in [0.15, 0.2) is 45.0 Å². The Kier molecular flexibility index (Phi) is 6.95. The number of fused-ring (bicyclic) bond motifs is 4. The van der Waals surface area contributed by atoms with Crippen LogP contribution >= 0.6 is 0 Å². The first-order valence-electron chi connectivity index (χ1n) is 16.3. The van der Waals surface area contributed by atoms with Crippen LogP contribution in [-0.4, -0.2) is 83.6 Å². The van der Waals surface area contributed by atoms with Crippen LogP contribution in [0, 0.1) is 5.92 Å². The average molecular weight is 583 g/mol. The number of nitrogens with zero attached hydrogens (tertiary/aromatic N) is 5. The van der Waals surface area contributed by atoms with Gasteiger partial charge in [0.1, 0.15) is 11.9 Å². The molecule has 10 nitrogen and oxygen atoms in total. The lowest BCUT2D eigenvalue weighted by Crippen LogP contribution is -2.43. The SMILES string of the molecule is CCC1OC2=C(CCC(C3=NC(C4CCCN4C(=O)CN)N=C3)C2)c2cc3cc(C4=NC(C5CCCN5)NC4)ccc3n21. The van der Waals surface area contributed by atoms with Crippen molar-refractivity contribution in [3.63, 3.8) is 0 Å². The van der Waals surface area contributed by atoms with Crippen molar-refractivity contribution in [3.05, 3.63) is 41.3 Å². The number of rotatable bonds is 6. The molecule has 8 rings (SSSR count). The topological polar surface area (TPSA) is 122 Å². The lowest BCUT2D eigenvalue weighted by molar-refractivity contribution is -0.130. The fourth-order valence-corrected chi connectivity index (χ4v) is 8.14. The molecule has 2 aromatic rings. The standard InChI is InChI=1S/C33H42N8O2/c1-2-31-41-26-10-8-19(24-17-36-32(38-24)23-5-3-11-35-23)13-21(26)14-28(41)22-9-7-20(15-29(22)43-31)25-18-37-33(39-25)27-6-4-12-40(27)30(42)16-34/h8,10,13-14,18,20,23,27,31-33,35-36H,2-7,9,11-12,15-17,34H2,1H3. The van der Waals surface area contributed by atoms with Gasteiger partial charge in [-0.25, -0.2) is 0 Å². The van der Waals surface area contributed by atoms with E-state index in [9.17, 15) is 4.79 Å². The van der Waals surface area contributed by atoms with E-state index in [2.05, 4.69) is 46.4 Å². The highest BCUT2D eigenvalue weighted by Crippen LogP contribution is 2.46. The zero-order valence-electron chi connectivity index (χ0n) is 25.0. The first kappa shape index (κ1) is 27.2. The number of ether oxygens (including phenoxy) is 1. The van der Waals surface area contributed by atoms with Crippen molar-refractivity contribution in [2.45, 2.75) is 88.9 Å². The molecule has 0 saturated carbocycles. The second-order valence-electron chi connectivity index (χ2n) is 12.8. The number of aliphatic imine (C=N–C) groups is 3. The monoisotopic (exact) mass is 582 g/mol. The summed E-state index contributed by atoms with van der Waals surface area (Å²) in [4.78, 5) is 29.1. The number of benzene rings is 1. The smallest absolute Gasteiger partial charge is 0.236 e. The molecule has 43 heavy (non-hydrogen) atoms. The summed E-state index contributed by atoms with van der Waals surface area (Å²) in [6.45, 7) is 4.90. The van der Waals surface area contributed by atoms with E-state index in [1.54, 1.807) is 0 Å². The summed E-state index contributed by atoms with van der Waals surface area (Å²) < 4.78 is 9.16. The van der Waals surface area contributed by atoms with Crippen LogP contribution in [0.4, 0.5) is 0 Å². The van der Waals surface area contributed by atoms with Crippen LogP contribution < -0.4 is 16.4 Å². The molecule has 1 amide bonds.